The Labute approximate surface area is 160 Å². The molecule has 0 atom stereocenters. The molecule has 28 heavy (non-hydrogen) atoms. The maximum atomic E-state index is 12.4. The summed E-state index contributed by atoms with van der Waals surface area (Å²) < 4.78 is 1.58. The van der Waals surface area contributed by atoms with Gasteiger partial charge in [0.2, 0.25) is 6.54 Å². The Bertz CT molecular complexity index is 1000. The largest absolute Gasteiger partial charge is 0.322 e. The van der Waals surface area contributed by atoms with Crippen molar-refractivity contribution in [3.63, 3.8) is 0 Å². The maximum Gasteiger partial charge on any atom is 0.290 e. The molecule has 0 aliphatic heterocycles. The van der Waals surface area contributed by atoms with Gasteiger partial charge in [-0.2, -0.15) is 4.57 Å². The highest BCUT2D eigenvalue weighted by atomic mass is 16.6. The smallest absolute Gasteiger partial charge is 0.290 e. The van der Waals surface area contributed by atoms with E-state index in [1.54, 1.807) is 41.2 Å². The highest BCUT2D eigenvalue weighted by molar-refractivity contribution is 6.03. The van der Waals surface area contributed by atoms with Crippen molar-refractivity contribution >= 4 is 28.9 Å². The fourth-order valence-electron chi connectivity index (χ4n) is 2.51. The minimum Gasteiger partial charge on any atom is -0.322 e. The number of amides is 2. The second-order valence-electron chi connectivity index (χ2n) is 5.94. The number of rotatable bonds is 6. The highest BCUT2D eigenvalue weighted by Crippen LogP contribution is 2.15. The Kier molecular flexibility index (Phi) is 5.71. The molecule has 0 saturated heterocycles. The van der Waals surface area contributed by atoms with Gasteiger partial charge >= 0.3 is 0 Å². The van der Waals surface area contributed by atoms with E-state index in [2.05, 4.69) is 10.6 Å². The number of para-hydroxylation sites is 1. The average molecular weight is 377 g/mol. The van der Waals surface area contributed by atoms with Crippen LogP contribution in [0.2, 0.25) is 0 Å². The van der Waals surface area contributed by atoms with Crippen molar-refractivity contribution in [2.75, 3.05) is 10.6 Å². The number of aromatic nitrogens is 1. The number of pyridine rings is 1. The molecule has 0 aliphatic carbocycles. The highest BCUT2D eigenvalue weighted by Gasteiger charge is 2.14. The van der Waals surface area contributed by atoms with Gasteiger partial charge in [0.1, 0.15) is 5.56 Å². The van der Waals surface area contributed by atoms with Gasteiger partial charge in [-0.3, -0.25) is 19.7 Å². The third kappa shape index (κ3) is 4.98. The Balaban J connectivity index is 1.62. The number of anilines is 2. The number of benzene rings is 2. The zero-order valence-electron chi connectivity index (χ0n) is 14.7. The van der Waals surface area contributed by atoms with Crippen LogP contribution in [0.4, 0.5) is 17.1 Å². The molecule has 0 saturated carbocycles. The average Bonchev–Trinajstić information content (AvgIpc) is 2.69. The van der Waals surface area contributed by atoms with Gasteiger partial charge in [-0.05, 0) is 30.3 Å². The van der Waals surface area contributed by atoms with E-state index in [0.29, 0.717) is 16.9 Å². The molecule has 1 aromatic heterocycles. The molecule has 1 heterocycles. The Morgan fingerprint density at radius 2 is 1.57 bits per heavy atom. The third-order valence-electron chi connectivity index (χ3n) is 3.84. The van der Waals surface area contributed by atoms with Crippen LogP contribution in [0.1, 0.15) is 10.4 Å². The van der Waals surface area contributed by atoms with E-state index < -0.39 is 4.92 Å². The van der Waals surface area contributed by atoms with Crippen molar-refractivity contribution in [1.29, 1.82) is 0 Å². The van der Waals surface area contributed by atoms with Crippen LogP contribution in [0.3, 0.4) is 0 Å². The number of nitrogens with one attached hydrogen (secondary N) is 2. The molecule has 0 aliphatic rings. The molecule has 2 N–H and O–H groups in total. The minimum absolute atomic E-state index is 0.0105. The summed E-state index contributed by atoms with van der Waals surface area (Å²) in [5.41, 5.74) is 1.49. The number of nitro benzene ring substituents is 1. The lowest BCUT2D eigenvalue weighted by Crippen LogP contribution is -2.40. The first-order valence-electron chi connectivity index (χ1n) is 8.41. The number of nitro groups is 1. The number of nitrogens with zero attached hydrogens (tertiary/aromatic N) is 2. The lowest BCUT2D eigenvalue weighted by molar-refractivity contribution is -0.684. The molecule has 3 rings (SSSR count). The van der Waals surface area contributed by atoms with E-state index in [9.17, 15) is 19.7 Å². The van der Waals surface area contributed by atoms with E-state index >= 15 is 0 Å². The van der Waals surface area contributed by atoms with Crippen LogP contribution in [0.15, 0.2) is 79.1 Å². The van der Waals surface area contributed by atoms with Crippen molar-refractivity contribution < 1.29 is 19.1 Å². The Morgan fingerprint density at radius 3 is 2.25 bits per heavy atom. The van der Waals surface area contributed by atoms with Crippen LogP contribution in [-0.4, -0.2) is 16.7 Å². The van der Waals surface area contributed by atoms with Gasteiger partial charge in [-0.1, -0.05) is 18.2 Å². The molecule has 8 heteroatoms. The second-order valence-corrected chi connectivity index (χ2v) is 5.94. The second kappa shape index (κ2) is 8.54. The van der Waals surface area contributed by atoms with Crippen LogP contribution in [0, 0.1) is 10.1 Å². The lowest BCUT2D eigenvalue weighted by atomic mass is 10.2. The number of non-ortho nitro benzene ring substituents is 1. The molecule has 2 amide bonds. The monoisotopic (exact) mass is 377 g/mol. The third-order valence-corrected chi connectivity index (χ3v) is 3.84. The van der Waals surface area contributed by atoms with Crippen molar-refractivity contribution in [2.24, 2.45) is 0 Å². The van der Waals surface area contributed by atoms with E-state index in [-0.39, 0.29) is 24.0 Å². The molecule has 0 fully saturated rings. The van der Waals surface area contributed by atoms with Gasteiger partial charge in [-0.25, -0.2) is 0 Å². The fraction of sp³-hybridized carbons (Fsp3) is 0.0500. The van der Waals surface area contributed by atoms with E-state index in [0.717, 1.165) is 0 Å². The first kappa shape index (κ1) is 18.7. The van der Waals surface area contributed by atoms with Gasteiger partial charge in [0.15, 0.2) is 12.4 Å². The molecule has 0 spiro atoms. The number of hydrogen-bond donors (Lipinski definition) is 2. The predicted octanol–water partition coefficient (Wildman–Crippen LogP) is 2.77. The SMILES string of the molecule is O=C(C[n+]1cccc(C(=O)Nc2ccccc2)c1)Nc1ccc([N+](=O)[O-])cc1. The van der Waals surface area contributed by atoms with Crippen molar-refractivity contribution in [1.82, 2.24) is 0 Å². The van der Waals surface area contributed by atoms with E-state index in [1.165, 1.54) is 24.3 Å². The molecule has 0 radical (unpaired) electrons. The molecule has 140 valence electrons. The Hall–Kier alpha value is -4.07. The van der Waals surface area contributed by atoms with E-state index in [1.807, 2.05) is 18.2 Å². The molecule has 2 aromatic carbocycles. The summed E-state index contributed by atoms with van der Waals surface area (Å²) in [6.07, 6.45) is 3.25. The standard InChI is InChI=1S/C20H16N4O4/c25-19(21-17-8-10-18(11-9-17)24(27)28)14-23-12-4-5-15(13-23)20(26)22-16-6-2-1-3-7-16/h1-13H,14H2,(H-,21,22,25,26)/p+1. The van der Waals surface area contributed by atoms with Gasteiger partial charge in [0.05, 0.1) is 4.92 Å². The first-order valence-corrected chi connectivity index (χ1v) is 8.41. The summed E-state index contributed by atoms with van der Waals surface area (Å²) in [7, 11) is 0. The van der Waals surface area contributed by atoms with Crippen LogP contribution in [-0.2, 0) is 11.3 Å². The van der Waals surface area contributed by atoms with Gasteiger partial charge < -0.3 is 10.6 Å². The number of carbonyl (C=O) groups is 2. The van der Waals surface area contributed by atoms with Gasteiger partial charge in [0.25, 0.3) is 17.5 Å². The van der Waals surface area contributed by atoms with E-state index in [4.69, 9.17) is 0 Å². The van der Waals surface area contributed by atoms with Crippen LogP contribution in [0.25, 0.3) is 0 Å². The number of carbonyl (C=O) groups excluding carboxylic acids is 2. The zero-order chi connectivity index (χ0) is 19.9. The first-order chi connectivity index (χ1) is 13.5. The number of hydrogen-bond acceptors (Lipinski definition) is 4. The van der Waals surface area contributed by atoms with Crippen molar-refractivity contribution in [2.45, 2.75) is 6.54 Å². The quantitative estimate of drug-likeness (QED) is 0.391. The molecule has 3 aromatic rings. The van der Waals surface area contributed by atoms with Gasteiger partial charge in [0, 0.05) is 29.6 Å². The summed E-state index contributed by atoms with van der Waals surface area (Å²) in [5, 5.41) is 16.1. The summed E-state index contributed by atoms with van der Waals surface area (Å²) in [5.74, 6) is -0.601. The Morgan fingerprint density at radius 1 is 0.893 bits per heavy atom. The molecule has 0 unspecified atom stereocenters. The zero-order valence-corrected chi connectivity index (χ0v) is 14.7. The summed E-state index contributed by atoms with van der Waals surface area (Å²) >= 11 is 0. The van der Waals surface area contributed by atoms with Crippen molar-refractivity contribution in [3.05, 3.63) is 94.8 Å². The summed E-state index contributed by atoms with van der Waals surface area (Å²) in [6.45, 7) is -0.0105. The predicted molar refractivity (Wildman–Crippen MR) is 103 cm³/mol. The fourth-order valence-corrected chi connectivity index (χ4v) is 2.51. The summed E-state index contributed by atoms with van der Waals surface area (Å²) in [6, 6.07) is 18.0. The van der Waals surface area contributed by atoms with Crippen LogP contribution in [0.5, 0.6) is 0 Å². The lowest BCUT2D eigenvalue weighted by Gasteiger charge is -2.05. The van der Waals surface area contributed by atoms with Crippen LogP contribution >= 0.6 is 0 Å². The summed E-state index contributed by atoms with van der Waals surface area (Å²) in [4.78, 5) is 34.7. The molecular weight excluding hydrogens is 360 g/mol. The molecular formula is C20H17N4O4+. The molecule has 0 bridgehead atoms. The molecule has 8 nitrogen and oxygen atoms in total. The minimum atomic E-state index is -0.507. The topological polar surface area (TPSA) is 105 Å². The van der Waals surface area contributed by atoms with Gasteiger partial charge in [-0.15, -0.1) is 0 Å². The van der Waals surface area contributed by atoms with Crippen molar-refractivity contribution in [3.8, 4) is 0 Å². The normalized spacial score (nSPS) is 10.1. The van der Waals surface area contributed by atoms with Crippen LogP contribution < -0.4 is 15.2 Å². The maximum absolute atomic E-state index is 12.4.